The van der Waals surface area contributed by atoms with E-state index in [1.54, 1.807) is 42.6 Å². The van der Waals surface area contributed by atoms with Crippen LogP contribution in [0.1, 0.15) is 21.1 Å². The van der Waals surface area contributed by atoms with Gasteiger partial charge in [0.2, 0.25) is 10.0 Å². The number of thiazole rings is 1. The van der Waals surface area contributed by atoms with Crippen molar-refractivity contribution in [2.75, 3.05) is 26.7 Å². The molecule has 0 radical (unpaired) electrons. The molecule has 0 bridgehead atoms. The van der Waals surface area contributed by atoms with Gasteiger partial charge < -0.3 is 10.6 Å². The minimum Gasteiger partial charge on any atom is -0.356 e. The highest BCUT2D eigenvalue weighted by atomic mass is 127. The Kier molecular flexibility index (Phi) is 10.4. The molecule has 1 aromatic heterocycles. The minimum atomic E-state index is -3.49. The Balaban J connectivity index is 0.00000392. The molecule has 0 amide bonds. The van der Waals surface area contributed by atoms with Crippen LogP contribution in [0.3, 0.4) is 0 Å². The summed E-state index contributed by atoms with van der Waals surface area (Å²) in [6.45, 7) is 7.41. The van der Waals surface area contributed by atoms with E-state index in [1.807, 2.05) is 13.8 Å². The predicted octanol–water partition coefficient (Wildman–Crippen LogP) is 2.37. The molecule has 0 unspecified atom stereocenters. The van der Waals surface area contributed by atoms with Gasteiger partial charge in [-0.2, -0.15) is 0 Å². The smallest absolute Gasteiger partial charge is 0.240 e. The van der Waals surface area contributed by atoms with Gasteiger partial charge in [0.25, 0.3) is 0 Å². The van der Waals surface area contributed by atoms with Crippen molar-refractivity contribution in [3.63, 3.8) is 0 Å². The molecular formula is C18H28IN5O2S2. The zero-order valence-electron chi connectivity index (χ0n) is 16.6. The van der Waals surface area contributed by atoms with E-state index in [2.05, 4.69) is 32.3 Å². The zero-order valence-corrected chi connectivity index (χ0v) is 20.5. The van der Waals surface area contributed by atoms with Crippen molar-refractivity contribution in [3.05, 3.63) is 45.4 Å². The van der Waals surface area contributed by atoms with E-state index < -0.39 is 10.0 Å². The number of hydrogen-bond acceptors (Lipinski definition) is 5. The number of aromatic nitrogens is 1. The monoisotopic (exact) mass is 537 g/mol. The van der Waals surface area contributed by atoms with Crippen molar-refractivity contribution in [2.45, 2.75) is 32.1 Å². The lowest BCUT2D eigenvalue weighted by molar-refractivity contribution is 0.580. The number of aryl methyl sites for hydroxylation is 3. The largest absolute Gasteiger partial charge is 0.356 e. The van der Waals surface area contributed by atoms with Gasteiger partial charge in [-0.3, -0.25) is 4.99 Å². The molecule has 0 saturated heterocycles. The van der Waals surface area contributed by atoms with Crippen LogP contribution in [0.15, 0.2) is 34.2 Å². The number of sulfonamides is 1. The molecule has 0 aliphatic carbocycles. The minimum absolute atomic E-state index is 0. The third-order valence-corrected chi connectivity index (χ3v) is 6.58. The van der Waals surface area contributed by atoms with Gasteiger partial charge in [0.1, 0.15) is 0 Å². The third-order valence-electron chi connectivity index (χ3n) is 3.97. The summed E-state index contributed by atoms with van der Waals surface area (Å²) in [6.07, 6.45) is 0.820. The Labute approximate surface area is 188 Å². The number of rotatable bonds is 8. The molecule has 3 N–H and O–H groups in total. The van der Waals surface area contributed by atoms with Gasteiger partial charge in [0.15, 0.2) is 5.96 Å². The molecule has 10 heteroatoms. The summed E-state index contributed by atoms with van der Waals surface area (Å²) >= 11 is 1.71. The topological polar surface area (TPSA) is 95.5 Å². The first-order valence-corrected chi connectivity index (χ1v) is 11.1. The SMILES string of the molecule is CN=C(NCCNS(=O)(=O)c1ccc(C)cc1)NCCc1nc(C)c(C)s1.I. The van der Waals surface area contributed by atoms with Crippen LogP contribution in [-0.4, -0.2) is 46.0 Å². The van der Waals surface area contributed by atoms with E-state index in [-0.39, 0.29) is 35.4 Å². The lowest BCUT2D eigenvalue weighted by Gasteiger charge is -2.12. The lowest BCUT2D eigenvalue weighted by Crippen LogP contribution is -2.42. The Bertz CT molecular complexity index is 860. The molecule has 28 heavy (non-hydrogen) atoms. The molecule has 0 aliphatic rings. The molecular weight excluding hydrogens is 509 g/mol. The number of halogens is 1. The Morgan fingerprint density at radius 2 is 1.71 bits per heavy atom. The quantitative estimate of drug-likeness (QED) is 0.208. The fourth-order valence-electron chi connectivity index (χ4n) is 2.32. The summed E-state index contributed by atoms with van der Waals surface area (Å²) in [5.74, 6) is 0.634. The molecule has 2 rings (SSSR count). The highest BCUT2D eigenvalue weighted by Gasteiger charge is 2.12. The highest BCUT2D eigenvalue weighted by molar-refractivity contribution is 14.0. The normalized spacial score (nSPS) is 11.8. The first kappa shape index (κ1) is 24.8. The maximum atomic E-state index is 12.2. The van der Waals surface area contributed by atoms with Crippen LogP contribution in [-0.2, 0) is 16.4 Å². The lowest BCUT2D eigenvalue weighted by atomic mass is 10.2. The molecule has 156 valence electrons. The van der Waals surface area contributed by atoms with Crippen LogP contribution in [0.4, 0.5) is 0 Å². The van der Waals surface area contributed by atoms with Gasteiger partial charge >= 0.3 is 0 Å². The van der Waals surface area contributed by atoms with Crippen molar-refractivity contribution < 1.29 is 8.42 Å². The van der Waals surface area contributed by atoms with Gasteiger partial charge in [-0.05, 0) is 32.9 Å². The fourth-order valence-corrected chi connectivity index (χ4v) is 4.29. The number of aliphatic imine (C=N–C) groups is 1. The Hall–Kier alpha value is -1.24. The summed E-state index contributed by atoms with van der Waals surface area (Å²) in [6, 6.07) is 6.77. The molecule has 7 nitrogen and oxygen atoms in total. The van der Waals surface area contributed by atoms with Crippen molar-refractivity contribution in [1.29, 1.82) is 0 Å². The first-order valence-electron chi connectivity index (χ1n) is 8.75. The first-order chi connectivity index (χ1) is 12.8. The van der Waals surface area contributed by atoms with E-state index in [1.165, 1.54) is 4.88 Å². The third kappa shape index (κ3) is 7.64. The van der Waals surface area contributed by atoms with Crippen molar-refractivity contribution in [3.8, 4) is 0 Å². The maximum absolute atomic E-state index is 12.2. The molecule has 0 fully saturated rings. The van der Waals surface area contributed by atoms with Crippen molar-refractivity contribution in [1.82, 2.24) is 20.3 Å². The second-order valence-corrected chi connectivity index (χ2v) is 9.19. The van der Waals surface area contributed by atoms with E-state index in [9.17, 15) is 8.42 Å². The van der Waals surface area contributed by atoms with Crippen LogP contribution in [0.2, 0.25) is 0 Å². The fraction of sp³-hybridized carbons (Fsp3) is 0.444. The molecule has 0 spiro atoms. The average Bonchev–Trinajstić information content (AvgIpc) is 2.95. The average molecular weight is 537 g/mol. The van der Waals surface area contributed by atoms with Crippen LogP contribution in [0.25, 0.3) is 0 Å². The molecule has 0 saturated carbocycles. The maximum Gasteiger partial charge on any atom is 0.240 e. The van der Waals surface area contributed by atoms with Crippen LogP contribution >= 0.6 is 35.3 Å². The second kappa shape index (κ2) is 11.7. The standard InChI is InChI=1S/C18H27N5O2S2.HI/c1-13-5-7-16(8-6-13)27(24,25)22-12-11-21-18(19-4)20-10-9-17-23-14(2)15(3)26-17;/h5-8,22H,9-12H2,1-4H3,(H2,19,20,21);1H. The van der Waals surface area contributed by atoms with E-state index in [4.69, 9.17) is 0 Å². The van der Waals surface area contributed by atoms with E-state index in [0.717, 1.165) is 22.7 Å². The van der Waals surface area contributed by atoms with Gasteiger partial charge in [0, 0.05) is 38.0 Å². The number of benzene rings is 1. The Morgan fingerprint density at radius 1 is 1.07 bits per heavy atom. The molecule has 0 aliphatic heterocycles. The molecule has 1 heterocycles. The van der Waals surface area contributed by atoms with Crippen LogP contribution < -0.4 is 15.4 Å². The number of nitrogens with zero attached hydrogens (tertiary/aromatic N) is 2. The summed E-state index contributed by atoms with van der Waals surface area (Å²) < 4.78 is 27.0. The van der Waals surface area contributed by atoms with Gasteiger partial charge in [-0.15, -0.1) is 35.3 Å². The molecule has 1 aromatic carbocycles. The summed E-state index contributed by atoms with van der Waals surface area (Å²) in [7, 11) is -1.81. The Morgan fingerprint density at radius 3 is 2.29 bits per heavy atom. The van der Waals surface area contributed by atoms with Crippen molar-refractivity contribution in [2.24, 2.45) is 4.99 Å². The highest BCUT2D eigenvalue weighted by Crippen LogP contribution is 2.16. The summed E-state index contributed by atoms with van der Waals surface area (Å²) in [5, 5.41) is 7.41. The van der Waals surface area contributed by atoms with Crippen LogP contribution in [0.5, 0.6) is 0 Å². The van der Waals surface area contributed by atoms with Gasteiger partial charge in [-0.1, -0.05) is 17.7 Å². The number of nitrogens with one attached hydrogen (secondary N) is 3. The summed E-state index contributed by atoms with van der Waals surface area (Å²) in [4.78, 5) is 10.2. The number of guanidine groups is 1. The zero-order chi connectivity index (χ0) is 19.9. The second-order valence-electron chi connectivity index (χ2n) is 6.14. The summed E-state index contributed by atoms with van der Waals surface area (Å²) in [5.41, 5.74) is 2.10. The molecule has 0 atom stereocenters. The molecule has 2 aromatic rings. The predicted molar refractivity (Wildman–Crippen MR) is 126 cm³/mol. The van der Waals surface area contributed by atoms with E-state index in [0.29, 0.717) is 19.0 Å². The van der Waals surface area contributed by atoms with Gasteiger partial charge in [0.05, 0.1) is 15.6 Å². The number of hydrogen-bond donors (Lipinski definition) is 3. The van der Waals surface area contributed by atoms with Crippen LogP contribution in [0, 0.1) is 20.8 Å². The van der Waals surface area contributed by atoms with Gasteiger partial charge in [-0.25, -0.2) is 18.1 Å². The van der Waals surface area contributed by atoms with Crippen molar-refractivity contribution >= 4 is 51.3 Å². The van der Waals surface area contributed by atoms with E-state index >= 15 is 0 Å².